The van der Waals surface area contributed by atoms with E-state index in [9.17, 15) is 13.2 Å². The van der Waals surface area contributed by atoms with Crippen molar-refractivity contribution in [3.05, 3.63) is 78.0 Å². The maximum atomic E-state index is 12.3. The first kappa shape index (κ1) is 17.7. The lowest BCUT2D eigenvalue weighted by molar-refractivity contribution is 0.0925. The van der Waals surface area contributed by atoms with E-state index >= 15 is 0 Å². The Balaban J connectivity index is 1.68. The zero-order valence-electron chi connectivity index (χ0n) is 14.0. The molecule has 0 aliphatic carbocycles. The van der Waals surface area contributed by atoms with E-state index < -0.39 is 15.7 Å². The van der Waals surface area contributed by atoms with Crippen molar-refractivity contribution < 1.29 is 17.6 Å². The molecule has 0 bridgehead atoms. The van der Waals surface area contributed by atoms with Gasteiger partial charge >= 0.3 is 5.91 Å². The lowest BCUT2D eigenvalue weighted by Gasteiger charge is -2.02. The smallest absolute Gasteiger partial charge is 0.307 e. The average molecular weight is 371 g/mol. The van der Waals surface area contributed by atoms with Crippen LogP contribution in [-0.2, 0) is 15.6 Å². The lowest BCUT2D eigenvalue weighted by atomic mass is 10.3. The van der Waals surface area contributed by atoms with Gasteiger partial charge in [0.2, 0.25) is 0 Å². The number of nitrogens with zero attached hydrogens (tertiary/aromatic N) is 1. The molecule has 2 N–H and O–H groups in total. The molecule has 8 heteroatoms. The zero-order chi connectivity index (χ0) is 18.6. The van der Waals surface area contributed by atoms with Gasteiger partial charge in [-0.3, -0.25) is 4.79 Å². The van der Waals surface area contributed by atoms with E-state index in [2.05, 4.69) is 15.5 Å². The van der Waals surface area contributed by atoms with E-state index in [1.807, 2.05) is 12.1 Å². The number of nitrogens with one attached hydrogen (secondary N) is 2. The number of hydrazone groups is 1. The maximum absolute atomic E-state index is 12.3. The number of carbonyl (C=O) groups excluding carboxylic acids is 1. The molecular formula is C18H17N3O4S. The van der Waals surface area contributed by atoms with Crippen molar-refractivity contribution in [2.75, 3.05) is 0 Å². The molecule has 0 aliphatic rings. The van der Waals surface area contributed by atoms with Gasteiger partial charge in [-0.1, -0.05) is 18.2 Å². The van der Waals surface area contributed by atoms with E-state index in [0.717, 1.165) is 5.69 Å². The molecule has 0 aliphatic heterocycles. The third-order valence-corrected chi connectivity index (χ3v) is 5.29. The summed E-state index contributed by atoms with van der Waals surface area (Å²) in [6.45, 7) is 1.74. The second kappa shape index (κ2) is 7.40. The highest BCUT2D eigenvalue weighted by atomic mass is 32.2. The second-order valence-corrected chi connectivity index (χ2v) is 7.55. The van der Waals surface area contributed by atoms with Gasteiger partial charge in [-0.2, -0.15) is 5.10 Å². The predicted octanol–water partition coefficient (Wildman–Crippen LogP) is 2.74. The summed E-state index contributed by atoms with van der Waals surface area (Å²) in [7, 11) is -3.54. The number of hydrogen-bond acceptors (Lipinski definition) is 5. The van der Waals surface area contributed by atoms with Crippen LogP contribution in [0.1, 0.15) is 28.9 Å². The number of benzene rings is 1. The number of aromatic nitrogens is 1. The van der Waals surface area contributed by atoms with Crippen LogP contribution in [0.25, 0.3) is 0 Å². The Labute approximate surface area is 150 Å². The van der Waals surface area contributed by atoms with E-state index in [1.54, 1.807) is 31.3 Å². The molecule has 0 saturated heterocycles. The highest BCUT2D eigenvalue weighted by Crippen LogP contribution is 2.18. The van der Waals surface area contributed by atoms with Gasteiger partial charge in [0.25, 0.3) is 0 Å². The summed E-state index contributed by atoms with van der Waals surface area (Å²) < 4.78 is 30.0. The van der Waals surface area contributed by atoms with Crippen molar-refractivity contribution in [1.29, 1.82) is 0 Å². The number of amides is 1. The van der Waals surface area contributed by atoms with Gasteiger partial charge < -0.3 is 9.40 Å². The van der Waals surface area contributed by atoms with Gasteiger partial charge in [-0.05, 0) is 43.3 Å². The fourth-order valence-electron chi connectivity index (χ4n) is 2.28. The van der Waals surface area contributed by atoms with Crippen LogP contribution in [0, 0.1) is 0 Å². The quantitative estimate of drug-likeness (QED) is 0.513. The summed E-state index contributed by atoms with van der Waals surface area (Å²) in [6.07, 6.45) is 1.75. The fourth-order valence-corrected chi connectivity index (χ4v) is 3.55. The van der Waals surface area contributed by atoms with Crippen molar-refractivity contribution >= 4 is 21.5 Å². The van der Waals surface area contributed by atoms with Crippen molar-refractivity contribution in [3.8, 4) is 0 Å². The molecule has 2 heterocycles. The average Bonchev–Trinajstić information content (AvgIpc) is 3.32. The van der Waals surface area contributed by atoms with E-state index in [1.165, 1.54) is 24.3 Å². The lowest BCUT2D eigenvalue weighted by Crippen LogP contribution is -2.18. The number of H-pyrrole nitrogens is 1. The Morgan fingerprint density at radius 2 is 1.88 bits per heavy atom. The van der Waals surface area contributed by atoms with Crippen LogP contribution in [0.3, 0.4) is 0 Å². The number of carbonyl (C=O) groups is 1. The van der Waals surface area contributed by atoms with Crippen molar-refractivity contribution in [2.24, 2.45) is 5.10 Å². The molecule has 0 atom stereocenters. The summed E-state index contributed by atoms with van der Waals surface area (Å²) >= 11 is 0. The zero-order valence-corrected chi connectivity index (χ0v) is 14.8. The molecule has 0 saturated carbocycles. The standard InChI is InChI=1S/C18H17N3O4S/c1-13(16-8-5-11-19-16)20-21-18(22)17-10-9-14(25-17)12-26(23,24)15-6-3-2-4-7-15/h2-11,19H,12H2,1H3,(H,21,22)/b20-13+. The molecular weight excluding hydrogens is 354 g/mol. The van der Waals surface area contributed by atoms with Crippen molar-refractivity contribution in [3.63, 3.8) is 0 Å². The van der Waals surface area contributed by atoms with Crippen LogP contribution < -0.4 is 5.43 Å². The molecule has 1 aromatic carbocycles. The number of furan rings is 1. The Morgan fingerprint density at radius 1 is 1.12 bits per heavy atom. The number of rotatable bonds is 6. The van der Waals surface area contributed by atoms with Crippen LogP contribution in [0.5, 0.6) is 0 Å². The van der Waals surface area contributed by atoms with Crippen LogP contribution in [0.15, 0.2) is 75.2 Å². The van der Waals surface area contributed by atoms with E-state index in [0.29, 0.717) is 5.71 Å². The minimum Gasteiger partial charge on any atom is -0.455 e. The van der Waals surface area contributed by atoms with E-state index in [4.69, 9.17) is 4.42 Å². The fraction of sp³-hybridized carbons (Fsp3) is 0.111. The molecule has 26 heavy (non-hydrogen) atoms. The summed E-state index contributed by atoms with van der Waals surface area (Å²) in [5.74, 6) is -0.704. The summed E-state index contributed by atoms with van der Waals surface area (Å²) in [5.41, 5.74) is 3.76. The van der Waals surface area contributed by atoms with Gasteiger partial charge in [-0.15, -0.1) is 0 Å². The summed E-state index contributed by atoms with van der Waals surface area (Å²) in [6, 6.07) is 14.6. The first-order chi connectivity index (χ1) is 12.5. The Hall–Kier alpha value is -3.13. The second-order valence-electron chi connectivity index (χ2n) is 5.56. The first-order valence-electron chi connectivity index (χ1n) is 7.80. The van der Waals surface area contributed by atoms with Crippen LogP contribution in [0.4, 0.5) is 0 Å². The topological polar surface area (TPSA) is 105 Å². The molecule has 0 spiro atoms. The molecule has 0 fully saturated rings. The third-order valence-electron chi connectivity index (χ3n) is 3.63. The SMILES string of the molecule is C/C(=N\NC(=O)c1ccc(CS(=O)(=O)c2ccccc2)o1)c1ccc[nH]1. The van der Waals surface area contributed by atoms with Gasteiger partial charge in [0.1, 0.15) is 11.5 Å². The first-order valence-corrected chi connectivity index (χ1v) is 9.46. The minimum atomic E-state index is -3.54. The molecule has 0 radical (unpaired) electrons. The predicted molar refractivity (Wildman–Crippen MR) is 96.5 cm³/mol. The number of aromatic amines is 1. The van der Waals surface area contributed by atoms with Gasteiger partial charge in [0, 0.05) is 6.20 Å². The van der Waals surface area contributed by atoms with Crippen LogP contribution in [0.2, 0.25) is 0 Å². The normalized spacial score (nSPS) is 12.1. The molecule has 2 aromatic heterocycles. The molecule has 3 rings (SSSR count). The van der Waals surface area contributed by atoms with Gasteiger partial charge in [-0.25, -0.2) is 13.8 Å². The Bertz CT molecular complexity index is 1020. The highest BCUT2D eigenvalue weighted by Gasteiger charge is 2.19. The highest BCUT2D eigenvalue weighted by molar-refractivity contribution is 7.90. The van der Waals surface area contributed by atoms with E-state index in [-0.39, 0.29) is 22.2 Å². The monoisotopic (exact) mass is 371 g/mol. The summed E-state index contributed by atoms with van der Waals surface area (Å²) in [5, 5.41) is 3.98. The van der Waals surface area contributed by atoms with Crippen molar-refractivity contribution in [2.45, 2.75) is 17.6 Å². The van der Waals surface area contributed by atoms with Crippen molar-refractivity contribution in [1.82, 2.24) is 10.4 Å². The molecule has 1 amide bonds. The maximum Gasteiger partial charge on any atom is 0.307 e. The van der Waals surface area contributed by atoms with Gasteiger partial charge in [0.05, 0.1) is 16.3 Å². The molecule has 3 aromatic rings. The summed E-state index contributed by atoms with van der Waals surface area (Å²) in [4.78, 5) is 15.3. The van der Waals surface area contributed by atoms with Gasteiger partial charge in [0.15, 0.2) is 15.6 Å². The third kappa shape index (κ3) is 4.09. The Kier molecular flexibility index (Phi) is 5.04. The van der Waals surface area contributed by atoms with Crippen LogP contribution in [-0.4, -0.2) is 25.0 Å². The number of hydrogen-bond donors (Lipinski definition) is 2. The number of sulfone groups is 1. The largest absolute Gasteiger partial charge is 0.455 e. The molecule has 134 valence electrons. The molecule has 7 nitrogen and oxygen atoms in total. The minimum absolute atomic E-state index is 0.00806. The Morgan fingerprint density at radius 3 is 2.58 bits per heavy atom. The molecule has 0 unspecified atom stereocenters. The van der Waals surface area contributed by atoms with Crippen LogP contribution >= 0.6 is 0 Å².